The van der Waals surface area contributed by atoms with Crippen LogP contribution < -0.4 is 10.2 Å². The second-order valence-electron chi connectivity index (χ2n) is 10.3. The van der Waals surface area contributed by atoms with Gasteiger partial charge in [-0.1, -0.05) is 13.3 Å². The number of carbonyl (C=O) groups excluding carboxylic acids is 1. The highest BCUT2D eigenvalue weighted by atomic mass is 16.1. The standard InChI is InChI=1S/C25H39N7O/c1-19-8-5-12-30(16-19)13-7-11-26-25(33)20-9-6-14-31(17-20)23-22-24(28-18-27-23)32-15-4-2-3-10-21(32)29-22/h18-20H,2-17H2,1H3,(H,26,33)/t19-,20+/m1/s1. The lowest BCUT2D eigenvalue weighted by molar-refractivity contribution is -0.125. The number of fused-ring (bicyclic) bond motifs is 3. The van der Waals surface area contributed by atoms with E-state index in [1.54, 1.807) is 6.33 Å². The summed E-state index contributed by atoms with van der Waals surface area (Å²) in [4.78, 5) is 31.9. The number of nitrogens with zero attached hydrogens (tertiary/aromatic N) is 6. The first-order valence-electron chi connectivity index (χ1n) is 13.1. The van der Waals surface area contributed by atoms with Gasteiger partial charge in [0.15, 0.2) is 17.0 Å². The summed E-state index contributed by atoms with van der Waals surface area (Å²) in [7, 11) is 0. The molecule has 1 amide bonds. The fraction of sp³-hybridized carbons (Fsp3) is 0.760. The molecule has 2 aromatic heterocycles. The number of carbonyl (C=O) groups is 1. The summed E-state index contributed by atoms with van der Waals surface area (Å²) in [6, 6.07) is 0. The molecule has 0 radical (unpaired) electrons. The van der Waals surface area contributed by atoms with Crippen molar-refractivity contribution in [1.82, 2.24) is 29.7 Å². The van der Waals surface area contributed by atoms with Crippen molar-refractivity contribution < 1.29 is 4.79 Å². The molecule has 2 aromatic rings. The van der Waals surface area contributed by atoms with E-state index in [1.807, 2.05) is 0 Å². The van der Waals surface area contributed by atoms with Gasteiger partial charge in [-0.25, -0.2) is 15.0 Å². The summed E-state index contributed by atoms with van der Waals surface area (Å²) < 4.78 is 2.28. The van der Waals surface area contributed by atoms with E-state index >= 15 is 0 Å². The largest absolute Gasteiger partial charge is 0.356 e. The Labute approximate surface area is 197 Å². The first-order valence-corrected chi connectivity index (χ1v) is 13.1. The van der Waals surface area contributed by atoms with Gasteiger partial charge >= 0.3 is 0 Å². The topological polar surface area (TPSA) is 79.2 Å². The third-order valence-electron chi connectivity index (χ3n) is 7.66. The van der Waals surface area contributed by atoms with Crippen LogP contribution in [0.1, 0.15) is 64.1 Å². The Hall–Kier alpha value is -2.22. The van der Waals surface area contributed by atoms with E-state index in [0.717, 1.165) is 80.6 Å². The molecule has 8 heteroatoms. The predicted molar refractivity (Wildman–Crippen MR) is 130 cm³/mol. The van der Waals surface area contributed by atoms with E-state index in [4.69, 9.17) is 4.98 Å². The van der Waals surface area contributed by atoms with Gasteiger partial charge in [-0.05, 0) is 64.0 Å². The number of rotatable bonds is 6. The fourth-order valence-electron chi connectivity index (χ4n) is 5.89. The Bertz CT molecular complexity index is 958. The highest BCUT2D eigenvalue weighted by Gasteiger charge is 2.29. The van der Waals surface area contributed by atoms with Crippen LogP contribution in [0.25, 0.3) is 11.2 Å². The lowest BCUT2D eigenvalue weighted by atomic mass is 9.97. The van der Waals surface area contributed by atoms with Gasteiger partial charge in [-0.15, -0.1) is 0 Å². The number of likely N-dealkylation sites (tertiary alicyclic amines) is 1. The van der Waals surface area contributed by atoms with E-state index in [9.17, 15) is 4.79 Å². The van der Waals surface area contributed by atoms with Crippen LogP contribution in [0.5, 0.6) is 0 Å². The first-order chi connectivity index (χ1) is 16.2. The number of hydrogen-bond acceptors (Lipinski definition) is 6. The number of imidazole rings is 1. The van der Waals surface area contributed by atoms with Crippen LogP contribution in [-0.2, 0) is 17.8 Å². The zero-order valence-corrected chi connectivity index (χ0v) is 20.1. The molecule has 0 aliphatic carbocycles. The molecule has 2 atom stereocenters. The Kier molecular flexibility index (Phi) is 7.09. The van der Waals surface area contributed by atoms with Crippen molar-refractivity contribution in [3.8, 4) is 0 Å². The minimum atomic E-state index is 0.0132. The molecular formula is C25H39N7O. The molecule has 8 nitrogen and oxygen atoms in total. The summed E-state index contributed by atoms with van der Waals surface area (Å²) in [6.45, 7) is 9.24. The minimum Gasteiger partial charge on any atom is -0.356 e. The van der Waals surface area contributed by atoms with Crippen LogP contribution in [0, 0.1) is 11.8 Å². The number of amides is 1. The summed E-state index contributed by atoms with van der Waals surface area (Å²) in [5, 5.41) is 3.21. The molecule has 0 aromatic carbocycles. The molecule has 2 fully saturated rings. The molecule has 3 aliphatic rings. The van der Waals surface area contributed by atoms with E-state index in [0.29, 0.717) is 6.54 Å². The van der Waals surface area contributed by atoms with Crippen molar-refractivity contribution in [3.63, 3.8) is 0 Å². The van der Waals surface area contributed by atoms with Crippen LogP contribution in [0.15, 0.2) is 6.33 Å². The molecule has 5 rings (SSSR count). The second-order valence-corrected chi connectivity index (χ2v) is 10.3. The molecule has 5 heterocycles. The van der Waals surface area contributed by atoms with Crippen molar-refractivity contribution in [2.45, 2.75) is 71.3 Å². The Morgan fingerprint density at radius 2 is 1.97 bits per heavy atom. The fourth-order valence-corrected chi connectivity index (χ4v) is 5.89. The van der Waals surface area contributed by atoms with E-state index in [1.165, 1.54) is 45.2 Å². The quantitative estimate of drug-likeness (QED) is 0.678. The van der Waals surface area contributed by atoms with Crippen LogP contribution in [-0.4, -0.2) is 69.6 Å². The normalized spacial score (nSPS) is 24.5. The SMILES string of the molecule is C[C@@H]1CCCN(CCCNC(=O)[C@H]2CCCN(c3ncnc4c3nc3n4CCCCC3)C2)C1. The number of aryl methyl sites for hydroxylation is 2. The lowest BCUT2D eigenvalue weighted by Crippen LogP contribution is -2.44. The number of piperidine rings is 2. The van der Waals surface area contributed by atoms with E-state index < -0.39 is 0 Å². The highest BCUT2D eigenvalue weighted by molar-refractivity contribution is 5.85. The van der Waals surface area contributed by atoms with E-state index in [2.05, 4.69) is 36.6 Å². The number of nitrogens with one attached hydrogen (secondary N) is 1. The zero-order chi connectivity index (χ0) is 22.6. The van der Waals surface area contributed by atoms with Crippen LogP contribution in [0.4, 0.5) is 5.82 Å². The number of anilines is 1. The van der Waals surface area contributed by atoms with Gasteiger partial charge in [-0.2, -0.15) is 0 Å². The maximum atomic E-state index is 12.9. The Morgan fingerprint density at radius 3 is 2.88 bits per heavy atom. The van der Waals surface area contributed by atoms with Gasteiger partial charge in [0.1, 0.15) is 12.2 Å². The summed E-state index contributed by atoms with van der Waals surface area (Å²) in [5.74, 6) is 3.05. The van der Waals surface area contributed by atoms with E-state index in [-0.39, 0.29) is 11.8 Å². The number of hydrogen-bond donors (Lipinski definition) is 1. The van der Waals surface area contributed by atoms with Gasteiger partial charge in [0.2, 0.25) is 5.91 Å². The minimum absolute atomic E-state index is 0.0132. The molecule has 180 valence electrons. The summed E-state index contributed by atoms with van der Waals surface area (Å²) >= 11 is 0. The second kappa shape index (κ2) is 10.4. The van der Waals surface area contributed by atoms with Crippen LogP contribution in [0.2, 0.25) is 0 Å². The molecular weight excluding hydrogens is 414 g/mol. The predicted octanol–water partition coefficient (Wildman–Crippen LogP) is 3.01. The third-order valence-corrected chi connectivity index (χ3v) is 7.66. The smallest absolute Gasteiger partial charge is 0.224 e. The van der Waals surface area contributed by atoms with Crippen LogP contribution in [0.3, 0.4) is 0 Å². The molecule has 0 unspecified atom stereocenters. The molecule has 0 saturated carbocycles. The Morgan fingerprint density at radius 1 is 1.06 bits per heavy atom. The van der Waals surface area contributed by atoms with Crippen LogP contribution >= 0.6 is 0 Å². The molecule has 0 spiro atoms. The van der Waals surface area contributed by atoms with Crippen molar-refractivity contribution >= 4 is 22.9 Å². The average molecular weight is 454 g/mol. The average Bonchev–Trinajstić information content (AvgIpc) is 3.02. The third kappa shape index (κ3) is 5.15. The summed E-state index contributed by atoms with van der Waals surface area (Å²) in [6.07, 6.45) is 11.9. The molecule has 33 heavy (non-hydrogen) atoms. The van der Waals surface area contributed by atoms with Gasteiger partial charge in [0.25, 0.3) is 0 Å². The van der Waals surface area contributed by atoms with Crippen molar-refractivity contribution in [3.05, 3.63) is 12.2 Å². The molecule has 3 aliphatic heterocycles. The monoisotopic (exact) mass is 453 g/mol. The van der Waals surface area contributed by atoms with Gasteiger partial charge in [-0.3, -0.25) is 4.79 Å². The van der Waals surface area contributed by atoms with Gasteiger partial charge < -0.3 is 19.7 Å². The summed E-state index contributed by atoms with van der Waals surface area (Å²) in [5.41, 5.74) is 1.86. The van der Waals surface area contributed by atoms with Gasteiger partial charge in [0, 0.05) is 39.1 Å². The maximum Gasteiger partial charge on any atom is 0.224 e. The zero-order valence-electron chi connectivity index (χ0n) is 20.1. The highest BCUT2D eigenvalue weighted by Crippen LogP contribution is 2.29. The van der Waals surface area contributed by atoms with Crippen molar-refractivity contribution in [2.75, 3.05) is 44.2 Å². The van der Waals surface area contributed by atoms with Crippen molar-refractivity contribution in [2.24, 2.45) is 11.8 Å². The molecule has 0 bridgehead atoms. The molecule has 2 saturated heterocycles. The Balaban J connectivity index is 1.18. The number of aromatic nitrogens is 4. The van der Waals surface area contributed by atoms with Crippen molar-refractivity contribution in [1.29, 1.82) is 0 Å². The molecule has 1 N–H and O–H groups in total. The van der Waals surface area contributed by atoms with Gasteiger partial charge in [0.05, 0.1) is 5.92 Å². The maximum absolute atomic E-state index is 12.9. The first kappa shape index (κ1) is 22.6. The lowest BCUT2D eigenvalue weighted by Gasteiger charge is -2.33.